The number of nitrogens with one attached hydrogen (secondary N) is 1. The van der Waals surface area contributed by atoms with E-state index in [4.69, 9.17) is 16.3 Å². The number of hydrogen-bond donors (Lipinski definition) is 1. The maximum absolute atomic E-state index is 6.15. The molecule has 0 bridgehead atoms. The zero-order valence-electron chi connectivity index (χ0n) is 9.96. The summed E-state index contributed by atoms with van der Waals surface area (Å²) in [6, 6.07) is 0.556. The molecule has 0 aromatic carbocycles. The molecule has 1 aromatic rings. The van der Waals surface area contributed by atoms with E-state index < -0.39 is 0 Å². The van der Waals surface area contributed by atoms with E-state index in [1.54, 1.807) is 11.8 Å². The molecule has 1 aliphatic rings. The summed E-state index contributed by atoms with van der Waals surface area (Å²) in [6.07, 6.45) is 2.61. The fourth-order valence-electron chi connectivity index (χ4n) is 2.05. The number of rotatable bonds is 4. The second-order valence-corrected chi connectivity index (χ2v) is 4.74. The molecule has 0 unspecified atom stereocenters. The Labute approximate surface area is 101 Å². The third-order valence-corrected chi connectivity index (χ3v) is 3.74. The van der Waals surface area contributed by atoms with Gasteiger partial charge in [-0.3, -0.25) is 4.68 Å². The van der Waals surface area contributed by atoms with Gasteiger partial charge in [0.05, 0.1) is 11.8 Å². The number of nitrogens with zero attached hydrogens (tertiary/aromatic N) is 2. The summed E-state index contributed by atoms with van der Waals surface area (Å²) in [5, 5.41) is 8.49. The summed E-state index contributed by atoms with van der Waals surface area (Å²) in [7, 11) is 3.63. The van der Waals surface area contributed by atoms with Crippen molar-refractivity contribution in [3.05, 3.63) is 16.4 Å². The fraction of sp³-hybridized carbons (Fsp3) is 0.727. The van der Waals surface area contributed by atoms with Crippen molar-refractivity contribution in [1.29, 1.82) is 0 Å². The first-order chi connectivity index (χ1) is 7.61. The van der Waals surface area contributed by atoms with Crippen molar-refractivity contribution in [3.63, 3.8) is 0 Å². The smallest absolute Gasteiger partial charge is 0.131 e. The number of aromatic nitrogens is 2. The summed E-state index contributed by atoms with van der Waals surface area (Å²) < 4.78 is 6.95. The minimum Gasteiger partial charge on any atom is -0.381 e. The van der Waals surface area contributed by atoms with E-state index in [-0.39, 0.29) is 0 Å². The molecule has 2 rings (SSSR count). The molecule has 1 aromatic heterocycles. The Morgan fingerprint density at radius 2 is 2.25 bits per heavy atom. The van der Waals surface area contributed by atoms with Gasteiger partial charge in [0.2, 0.25) is 0 Å². The van der Waals surface area contributed by atoms with E-state index in [2.05, 4.69) is 10.4 Å². The zero-order valence-corrected chi connectivity index (χ0v) is 10.7. The molecule has 1 heterocycles. The van der Waals surface area contributed by atoms with Crippen LogP contribution in [0.25, 0.3) is 0 Å². The number of aryl methyl sites for hydroxylation is 2. The second kappa shape index (κ2) is 4.73. The Morgan fingerprint density at radius 3 is 2.75 bits per heavy atom. The third kappa shape index (κ3) is 2.24. The lowest BCUT2D eigenvalue weighted by atomic mass is 9.89. The molecule has 0 aliphatic heterocycles. The first kappa shape index (κ1) is 11.9. The molecule has 1 N–H and O–H groups in total. The van der Waals surface area contributed by atoms with Crippen molar-refractivity contribution in [1.82, 2.24) is 15.1 Å². The van der Waals surface area contributed by atoms with Crippen molar-refractivity contribution in [2.75, 3.05) is 7.11 Å². The topological polar surface area (TPSA) is 39.1 Å². The van der Waals surface area contributed by atoms with E-state index in [0.717, 1.165) is 35.8 Å². The van der Waals surface area contributed by atoms with Crippen molar-refractivity contribution in [3.8, 4) is 0 Å². The van der Waals surface area contributed by atoms with Gasteiger partial charge in [-0.25, -0.2) is 0 Å². The molecule has 0 saturated heterocycles. The highest BCUT2D eigenvalue weighted by Gasteiger charge is 2.28. The molecule has 16 heavy (non-hydrogen) atoms. The quantitative estimate of drug-likeness (QED) is 0.874. The van der Waals surface area contributed by atoms with Crippen molar-refractivity contribution >= 4 is 11.6 Å². The molecule has 1 saturated carbocycles. The Morgan fingerprint density at radius 1 is 1.56 bits per heavy atom. The van der Waals surface area contributed by atoms with Crippen molar-refractivity contribution in [2.24, 2.45) is 7.05 Å². The summed E-state index contributed by atoms with van der Waals surface area (Å²) in [5.74, 6) is 0. The lowest BCUT2D eigenvalue weighted by Crippen LogP contribution is -2.44. The number of methoxy groups -OCH3 is 1. The molecule has 90 valence electrons. The largest absolute Gasteiger partial charge is 0.381 e. The molecule has 0 radical (unpaired) electrons. The number of hydrogen-bond acceptors (Lipinski definition) is 3. The van der Waals surface area contributed by atoms with Gasteiger partial charge in [0.1, 0.15) is 5.15 Å². The van der Waals surface area contributed by atoms with Crippen LogP contribution in [0.2, 0.25) is 5.15 Å². The zero-order chi connectivity index (χ0) is 11.7. The van der Waals surface area contributed by atoms with Crippen molar-refractivity contribution < 1.29 is 4.74 Å². The molecule has 1 fully saturated rings. The van der Waals surface area contributed by atoms with Gasteiger partial charge in [-0.1, -0.05) is 11.6 Å². The van der Waals surface area contributed by atoms with Crippen LogP contribution in [-0.4, -0.2) is 29.0 Å². The molecular formula is C11H18ClN3O. The lowest BCUT2D eigenvalue weighted by molar-refractivity contribution is 0.0170. The van der Waals surface area contributed by atoms with Crippen LogP contribution in [-0.2, 0) is 18.3 Å². The standard InChI is InChI=1S/C11H18ClN3O/c1-7-10(11(12)15(2)14-7)6-13-8-4-9(5-8)16-3/h8-9,13H,4-6H2,1-3H3. The van der Waals surface area contributed by atoms with Gasteiger partial charge in [0.25, 0.3) is 0 Å². The summed E-state index contributed by atoms with van der Waals surface area (Å²) in [5.41, 5.74) is 2.10. The second-order valence-electron chi connectivity index (χ2n) is 4.39. The van der Waals surface area contributed by atoms with Crippen LogP contribution in [0.15, 0.2) is 0 Å². The maximum atomic E-state index is 6.15. The SMILES string of the molecule is COC1CC(NCc2c(C)nn(C)c2Cl)C1. The number of ether oxygens (including phenoxy) is 1. The van der Waals surface area contributed by atoms with Gasteiger partial charge in [0.15, 0.2) is 0 Å². The first-order valence-electron chi connectivity index (χ1n) is 5.56. The highest BCUT2D eigenvalue weighted by Crippen LogP contribution is 2.24. The van der Waals surface area contributed by atoms with Crippen LogP contribution < -0.4 is 5.32 Å². The van der Waals surface area contributed by atoms with E-state index in [1.165, 1.54) is 0 Å². The molecule has 0 spiro atoms. The Kier molecular flexibility index (Phi) is 3.52. The molecular weight excluding hydrogens is 226 g/mol. The van der Waals surface area contributed by atoms with Crippen LogP contribution in [0, 0.1) is 6.92 Å². The monoisotopic (exact) mass is 243 g/mol. The van der Waals surface area contributed by atoms with Gasteiger partial charge >= 0.3 is 0 Å². The predicted molar refractivity (Wildman–Crippen MR) is 63.6 cm³/mol. The molecule has 1 aliphatic carbocycles. The molecule has 0 amide bonds. The highest BCUT2D eigenvalue weighted by molar-refractivity contribution is 6.30. The van der Waals surface area contributed by atoms with E-state index in [0.29, 0.717) is 12.1 Å². The van der Waals surface area contributed by atoms with E-state index in [1.807, 2.05) is 14.0 Å². The maximum Gasteiger partial charge on any atom is 0.131 e. The molecule has 4 nitrogen and oxygen atoms in total. The lowest BCUT2D eigenvalue weighted by Gasteiger charge is -2.34. The van der Waals surface area contributed by atoms with Gasteiger partial charge in [-0.05, 0) is 19.8 Å². The predicted octanol–water partition coefficient (Wildman–Crippen LogP) is 1.65. The summed E-state index contributed by atoms with van der Waals surface area (Å²) >= 11 is 6.15. The number of halogens is 1. The first-order valence-corrected chi connectivity index (χ1v) is 5.93. The van der Waals surface area contributed by atoms with Gasteiger partial charge in [-0.2, -0.15) is 5.10 Å². The Balaban J connectivity index is 1.86. The summed E-state index contributed by atoms with van der Waals surface area (Å²) in [4.78, 5) is 0. The van der Waals surface area contributed by atoms with Crippen molar-refractivity contribution in [2.45, 2.75) is 38.5 Å². The van der Waals surface area contributed by atoms with Crippen LogP contribution >= 0.6 is 11.6 Å². The van der Waals surface area contributed by atoms with Gasteiger partial charge in [-0.15, -0.1) is 0 Å². The average molecular weight is 244 g/mol. The van der Waals surface area contributed by atoms with Crippen LogP contribution in [0.5, 0.6) is 0 Å². The molecule has 0 atom stereocenters. The van der Waals surface area contributed by atoms with E-state index in [9.17, 15) is 0 Å². The normalized spacial score (nSPS) is 24.5. The molecule has 5 heteroatoms. The van der Waals surface area contributed by atoms with Gasteiger partial charge in [0, 0.05) is 32.3 Å². The van der Waals surface area contributed by atoms with Crippen LogP contribution in [0.3, 0.4) is 0 Å². The van der Waals surface area contributed by atoms with Crippen LogP contribution in [0.1, 0.15) is 24.1 Å². The third-order valence-electron chi connectivity index (χ3n) is 3.27. The van der Waals surface area contributed by atoms with Gasteiger partial charge < -0.3 is 10.1 Å². The Bertz CT molecular complexity index is 372. The minimum absolute atomic E-state index is 0.433. The fourth-order valence-corrected chi connectivity index (χ4v) is 2.29. The van der Waals surface area contributed by atoms with Crippen LogP contribution in [0.4, 0.5) is 0 Å². The summed E-state index contributed by atoms with van der Waals surface area (Å²) in [6.45, 7) is 2.78. The van der Waals surface area contributed by atoms with E-state index >= 15 is 0 Å². The minimum atomic E-state index is 0.433. The Hall–Kier alpha value is -0.580. The average Bonchev–Trinajstić information content (AvgIpc) is 2.42. The highest BCUT2D eigenvalue weighted by atomic mass is 35.5.